The van der Waals surface area contributed by atoms with E-state index in [1.807, 2.05) is 42.6 Å². The molecule has 0 saturated carbocycles. The third-order valence-electron chi connectivity index (χ3n) is 13.2. The van der Waals surface area contributed by atoms with E-state index in [0.717, 1.165) is 72.1 Å². The number of pyridine rings is 2. The fourth-order valence-electron chi connectivity index (χ4n) is 9.37. The molecule has 0 spiro atoms. The predicted molar refractivity (Wildman–Crippen MR) is 261 cm³/mol. The average molecular weight is 973 g/mol. The van der Waals surface area contributed by atoms with Crippen molar-refractivity contribution in [3.05, 3.63) is 84.7 Å². The van der Waals surface area contributed by atoms with Crippen molar-refractivity contribution in [1.29, 1.82) is 0 Å². The van der Waals surface area contributed by atoms with Crippen molar-refractivity contribution in [2.24, 2.45) is 5.73 Å². The minimum atomic E-state index is -1.06. The number of aromatic carboxylic acids is 1. The number of anilines is 2. The molecule has 12 heterocycles. The van der Waals surface area contributed by atoms with Crippen LogP contribution in [0.1, 0.15) is 58.5 Å². The van der Waals surface area contributed by atoms with Crippen LogP contribution in [0, 0.1) is 0 Å². The highest BCUT2D eigenvalue weighted by molar-refractivity contribution is 6.01. The molecule has 4 fully saturated rings. The van der Waals surface area contributed by atoms with Crippen LogP contribution in [-0.4, -0.2) is 167 Å². The number of nitrogens with one attached hydrogen (secondary N) is 3. The molecule has 4 aliphatic rings. The number of nitrogens with two attached hydrogens (primary N) is 1. The zero-order valence-electron chi connectivity index (χ0n) is 39.2. The Hall–Kier alpha value is -7.12. The van der Waals surface area contributed by atoms with Gasteiger partial charge in [0, 0.05) is 86.1 Å². The number of aromatic nitrogens is 10. The van der Waals surface area contributed by atoms with Crippen LogP contribution in [0.25, 0.3) is 55.9 Å². The molecule has 0 aliphatic carbocycles. The lowest BCUT2D eigenvalue weighted by Crippen LogP contribution is -2.42. The van der Waals surface area contributed by atoms with E-state index in [4.69, 9.17) is 34.8 Å². The number of nitrogens with zero attached hydrogens (tertiary/aromatic N) is 10. The SMILES string of the molecule is CNc1cc(-c2cn([C@H]3CCCOC3)c3ncccc23)nc2c(C(=O)N[C@H]3COC[C@H]3O)cnn12.CNc1cc(-c2cn([C@H]3CCCOC3)c3ncccc23)nc2c(C(=O)O)cnn12.N[C@H]1COC[C@H]1O. The highest BCUT2D eigenvalue weighted by atomic mass is 16.5. The lowest BCUT2D eigenvalue weighted by atomic mass is 10.1. The van der Waals surface area contributed by atoms with Crippen molar-refractivity contribution in [3.8, 4) is 22.5 Å². The monoisotopic (exact) mass is 972 g/mol. The van der Waals surface area contributed by atoms with Gasteiger partial charge in [0.2, 0.25) is 0 Å². The van der Waals surface area contributed by atoms with Crippen LogP contribution in [0.15, 0.2) is 73.6 Å². The zero-order chi connectivity index (χ0) is 49.2. The molecule has 12 rings (SSSR count). The molecule has 4 aliphatic heterocycles. The first-order chi connectivity index (χ1) is 34.6. The summed E-state index contributed by atoms with van der Waals surface area (Å²) >= 11 is 0. The van der Waals surface area contributed by atoms with Crippen molar-refractivity contribution in [2.75, 3.05) is 77.6 Å². The second-order valence-corrected chi connectivity index (χ2v) is 17.8. The Morgan fingerprint density at radius 2 is 1.20 bits per heavy atom. The summed E-state index contributed by atoms with van der Waals surface area (Å²) in [6.07, 6.45) is 13.4. The fourth-order valence-corrected chi connectivity index (χ4v) is 9.37. The number of fused-ring (bicyclic) bond motifs is 4. The zero-order valence-corrected chi connectivity index (χ0v) is 39.2. The van der Waals surface area contributed by atoms with E-state index in [0.29, 0.717) is 66.3 Å². The van der Waals surface area contributed by atoms with Gasteiger partial charge in [-0.2, -0.15) is 19.2 Å². The smallest absolute Gasteiger partial charge is 0.341 e. The van der Waals surface area contributed by atoms with Crippen LogP contribution in [0.4, 0.5) is 11.6 Å². The summed E-state index contributed by atoms with van der Waals surface area (Å²) < 4.78 is 28.9. The standard InChI is InChI=1S/C24H27N7O4.C20H20N6O3.C4H9NO2/c1-25-21-8-18(17-10-30(14-4-3-7-34-11-14)22-15(17)5-2-6-26-22)28-23-16(9-27-31(21)23)24(33)29-19-12-35-13-20(19)32;1-21-17-8-16(24-19-14(20(27)28)9-23-26(17)19)15-10-25(12-4-3-7-29-11-12)18-13(15)5-2-6-22-18;5-3-1-7-2-4(3)6/h2,5-6,8-10,14,19-20,25,32H,3-4,7,11-13H2,1H3,(H,29,33);2,5-6,8-10,12,21H,3-4,7,11H2,1H3,(H,27,28);3-4,6H,1-2,5H2/t14-,19-,20+;12-;3-,4+/m000/s1. The molecule has 8 aromatic heterocycles. The largest absolute Gasteiger partial charge is 0.477 e. The minimum absolute atomic E-state index is 0.0610. The molecule has 23 heteroatoms. The highest BCUT2D eigenvalue weighted by Crippen LogP contribution is 2.36. The first-order valence-electron chi connectivity index (χ1n) is 23.6. The van der Waals surface area contributed by atoms with Crippen LogP contribution in [0.3, 0.4) is 0 Å². The molecule has 0 aromatic carbocycles. The summed E-state index contributed by atoms with van der Waals surface area (Å²) in [7, 11) is 3.57. The maximum atomic E-state index is 13.1. The van der Waals surface area contributed by atoms with Gasteiger partial charge >= 0.3 is 5.97 Å². The van der Waals surface area contributed by atoms with E-state index >= 15 is 0 Å². The maximum Gasteiger partial charge on any atom is 0.341 e. The number of hydrogen-bond donors (Lipinski definition) is 7. The van der Waals surface area contributed by atoms with Gasteiger partial charge in [-0.15, -0.1) is 0 Å². The number of carboxylic acid groups (broad SMARTS) is 1. The van der Waals surface area contributed by atoms with E-state index in [2.05, 4.69) is 56.4 Å². The molecule has 71 heavy (non-hydrogen) atoms. The first kappa shape index (κ1) is 47.6. The quantitative estimate of drug-likeness (QED) is 0.109. The van der Waals surface area contributed by atoms with Crippen molar-refractivity contribution < 1.29 is 43.9 Å². The highest BCUT2D eigenvalue weighted by Gasteiger charge is 2.30. The number of carboxylic acids is 1. The summed E-state index contributed by atoms with van der Waals surface area (Å²) in [5.74, 6) is -0.0674. The third kappa shape index (κ3) is 9.47. The van der Waals surface area contributed by atoms with Crippen molar-refractivity contribution in [2.45, 2.75) is 62.1 Å². The van der Waals surface area contributed by atoms with Gasteiger partial charge < -0.3 is 65.1 Å². The number of ether oxygens (including phenoxy) is 4. The number of aliphatic hydroxyl groups is 2. The second-order valence-electron chi connectivity index (χ2n) is 17.8. The molecule has 6 atom stereocenters. The molecule has 1 amide bonds. The third-order valence-corrected chi connectivity index (χ3v) is 13.2. The average Bonchev–Trinajstić information content (AvgIpc) is 4.28. The molecule has 372 valence electrons. The van der Waals surface area contributed by atoms with Crippen LogP contribution >= 0.6 is 0 Å². The second kappa shape index (κ2) is 20.7. The van der Waals surface area contributed by atoms with Crippen molar-refractivity contribution >= 4 is 56.9 Å². The summed E-state index contributed by atoms with van der Waals surface area (Å²) in [5, 5.41) is 47.8. The van der Waals surface area contributed by atoms with Gasteiger partial charge in [0.05, 0.1) is 99.8 Å². The first-order valence-corrected chi connectivity index (χ1v) is 23.6. The van der Waals surface area contributed by atoms with E-state index in [1.165, 1.54) is 16.9 Å². The van der Waals surface area contributed by atoms with Crippen LogP contribution in [0.5, 0.6) is 0 Å². The molecule has 4 saturated heterocycles. The Bertz CT molecular complexity index is 3180. The lowest BCUT2D eigenvalue weighted by molar-refractivity contribution is 0.0605. The normalized spacial score (nSPS) is 22.3. The van der Waals surface area contributed by atoms with E-state index < -0.39 is 24.2 Å². The van der Waals surface area contributed by atoms with Gasteiger partial charge in [0.1, 0.15) is 34.1 Å². The summed E-state index contributed by atoms with van der Waals surface area (Å²) in [6.45, 7) is 4.26. The van der Waals surface area contributed by atoms with Gasteiger partial charge in [-0.1, -0.05) is 0 Å². The maximum absolute atomic E-state index is 13.1. The Labute approximate surface area is 405 Å². The molecule has 23 nitrogen and oxygen atoms in total. The number of hydrogen-bond acceptors (Lipinski definition) is 17. The topological polar surface area (TPSA) is 290 Å². The Balaban J connectivity index is 0.000000146. The summed E-state index contributed by atoms with van der Waals surface area (Å²) in [5.41, 5.74) is 11.3. The van der Waals surface area contributed by atoms with E-state index in [9.17, 15) is 19.8 Å². The molecule has 0 radical (unpaired) electrons. The number of carbonyl (C=O) groups excluding carboxylic acids is 1. The van der Waals surface area contributed by atoms with Gasteiger partial charge in [0.25, 0.3) is 5.91 Å². The van der Waals surface area contributed by atoms with Gasteiger partial charge in [-0.3, -0.25) is 4.79 Å². The van der Waals surface area contributed by atoms with Gasteiger partial charge in [-0.05, 0) is 49.9 Å². The van der Waals surface area contributed by atoms with Crippen LogP contribution < -0.4 is 21.7 Å². The van der Waals surface area contributed by atoms with E-state index in [-0.39, 0.29) is 42.8 Å². The molecule has 0 bridgehead atoms. The van der Waals surface area contributed by atoms with Crippen LogP contribution in [0.2, 0.25) is 0 Å². The molecule has 8 aromatic rings. The summed E-state index contributed by atoms with van der Waals surface area (Å²) in [4.78, 5) is 43.4. The minimum Gasteiger partial charge on any atom is -0.477 e. The molecule has 0 unspecified atom stereocenters. The lowest BCUT2D eigenvalue weighted by Gasteiger charge is -2.24. The number of carbonyl (C=O) groups is 2. The van der Waals surface area contributed by atoms with Gasteiger partial charge in [0.15, 0.2) is 11.3 Å². The number of aliphatic hydroxyl groups excluding tert-OH is 2. The molecular formula is C48H56N14O9. The number of rotatable bonds is 9. The number of amides is 1. The Morgan fingerprint density at radius 3 is 1.63 bits per heavy atom. The molecule has 8 N–H and O–H groups in total. The fraction of sp³-hybridized carbons (Fsp3) is 0.417. The van der Waals surface area contributed by atoms with Crippen LogP contribution in [-0.2, 0) is 18.9 Å². The Morgan fingerprint density at radius 1 is 0.676 bits per heavy atom. The van der Waals surface area contributed by atoms with Gasteiger partial charge in [-0.25, -0.2) is 24.7 Å². The van der Waals surface area contributed by atoms with E-state index in [1.54, 1.807) is 31.0 Å². The predicted octanol–water partition coefficient (Wildman–Crippen LogP) is 3.17. The van der Waals surface area contributed by atoms with Crippen molar-refractivity contribution in [1.82, 2.24) is 53.6 Å². The summed E-state index contributed by atoms with van der Waals surface area (Å²) in [6, 6.07) is 11.4. The van der Waals surface area contributed by atoms with Crippen molar-refractivity contribution in [3.63, 3.8) is 0 Å². The Kier molecular flexibility index (Phi) is 13.9. The molecular weight excluding hydrogens is 917 g/mol.